The average molecular weight is 505 g/mol. The fourth-order valence-electron chi connectivity index (χ4n) is 3.21. The van der Waals surface area contributed by atoms with E-state index < -0.39 is 11.9 Å². The molecule has 0 saturated carbocycles. The van der Waals surface area contributed by atoms with Crippen LogP contribution in [0, 0.1) is 0 Å². The Hall–Kier alpha value is -3.50. The van der Waals surface area contributed by atoms with Crippen LogP contribution in [0.5, 0.6) is 23.0 Å². The second-order valence-corrected chi connectivity index (χ2v) is 7.38. The molecule has 0 fully saturated rings. The number of fused-ring (bicyclic) bond motifs is 2. The van der Waals surface area contributed by atoms with Gasteiger partial charge in [-0.1, -0.05) is 0 Å². The third-order valence-electron chi connectivity index (χ3n) is 4.85. The van der Waals surface area contributed by atoms with Crippen molar-refractivity contribution in [3.8, 4) is 23.0 Å². The molecule has 1 aliphatic heterocycles. The van der Waals surface area contributed by atoms with Gasteiger partial charge in [-0.15, -0.1) is 0 Å². The second-order valence-electron chi connectivity index (χ2n) is 7.38. The molecule has 1 heterocycles. The van der Waals surface area contributed by atoms with E-state index in [9.17, 15) is 9.59 Å². The normalized spacial score (nSPS) is 15.2. The molecule has 0 amide bonds. The molecule has 3 rings (SSSR count). The zero-order valence-electron chi connectivity index (χ0n) is 20.6. The van der Waals surface area contributed by atoms with E-state index in [1.807, 2.05) is 0 Å². The minimum atomic E-state index is -0.435. The molecular formula is C26H32O10. The summed E-state index contributed by atoms with van der Waals surface area (Å²) in [4.78, 5) is 24.2. The van der Waals surface area contributed by atoms with Gasteiger partial charge in [-0.25, -0.2) is 9.59 Å². The van der Waals surface area contributed by atoms with Crippen molar-refractivity contribution >= 4 is 11.9 Å². The maximum absolute atomic E-state index is 12.1. The maximum Gasteiger partial charge on any atom is 0.338 e. The summed E-state index contributed by atoms with van der Waals surface area (Å²) in [6.07, 6.45) is 0. The fraction of sp³-hybridized carbons (Fsp3) is 0.462. The smallest absolute Gasteiger partial charge is 0.338 e. The lowest BCUT2D eigenvalue weighted by Gasteiger charge is -2.16. The van der Waals surface area contributed by atoms with Crippen LogP contribution in [0.15, 0.2) is 36.4 Å². The molecule has 2 aromatic carbocycles. The van der Waals surface area contributed by atoms with Crippen molar-refractivity contribution in [3.05, 3.63) is 47.5 Å². The van der Waals surface area contributed by atoms with Gasteiger partial charge < -0.3 is 37.9 Å². The summed E-state index contributed by atoms with van der Waals surface area (Å²) >= 11 is 0. The zero-order valence-corrected chi connectivity index (χ0v) is 20.6. The van der Waals surface area contributed by atoms with Crippen LogP contribution < -0.4 is 18.9 Å². The summed E-state index contributed by atoms with van der Waals surface area (Å²) in [5.41, 5.74) is 0.739. The first-order valence-electron chi connectivity index (χ1n) is 11.9. The van der Waals surface area contributed by atoms with Gasteiger partial charge in [0.2, 0.25) is 0 Å². The number of hydrogen-bond acceptors (Lipinski definition) is 10. The molecule has 0 unspecified atom stereocenters. The number of rotatable bonds is 4. The van der Waals surface area contributed by atoms with Crippen LogP contribution in [0.2, 0.25) is 0 Å². The van der Waals surface area contributed by atoms with Gasteiger partial charge in [-0.2, -0.15) is 0 Å². The number of ether oxygens (including phenoxy) is 8. The summed E-state index contributed by atoms with van der Waals surface area (Å²) in [6.45, 7) is 6.24. The van der Waals surface area contributed by atoms with Gasteiger partial charge >= 0.3 is 11.9 Å². The molecule has 10 heteroatoms. The molecule has 1 aliphatic rings. The quantitative estimate of drug-likeness (QED) is 0.576. The van der Waals surface area contributed by atoms with Crippen LogP contribution in [-0.2, 0) is 18.9 Å². The molecule has 36 heavy (non-hydrogen) atoms. The first-order chi connectivity index (χ1) is 17.6. The number of carbonyl (C=O) groups is 2. The van der Waals surface area contributed by atoms with Crippen LogP contribution >= 0.6 is 0 Å². The first kappa shape index (κ1) is 27.1. The minimum absolute atomic E-state index is 0.238. The Morgan fingerprint density at radius 2 is 0.944 bits per heavy atom. The summed E-state index contributed by atoms with van der Waals surface area (Å²) in [5, 5.41) is 0. The van der Waals surface area contributed by atoms with Gasteiger partial charge in [0.1, 0.15) is 26.4 Å². The third kappa shape index (κ3) is 8.31. The standard InChI is InChI=1S/C26H32O10/c1-3-31-25(27)19-5-7-21-23(17-19)35-15-11-29-10-14-34-22-8-6-20(26(28)32-4-2)18-24(22)36-16-12-30-9-13-33-21/h5-8,17-18H,3-4,9-16H2,1-2H3. The van der Waals surface area contributed by atoms with Gasteiger partial charge in [0, 0.05) is 0 Å². The molecule has 0 N–H and O–H groups in total. The van der Waals surface area contributed by atoms with Crippen LogP contribution in [-0.4, -0.2) is 78.0 Å². The van der Waals surface area contributed by atoms with Crippen LogP contribution in [0.4, 0.5) is 0 Å². The lowest BCUT2D eigenvalue weighted by atomic mass is 10.2. The monoisotopic (exact) mass is 504 g/mol. The lowest BCUT2D eigenvalue weighted by molar-refractivity contribution is 0.0513. The Labute approximate surface area is 210 Å². The average Bonchev–Trinajstić information content (AvgIpc) is 2.88. The Kier molecular flexibility index (Phi) is 11.1. The fourth-order valence-corrected chi connectivity index (χ4v) is 3.21. The predicted octanol–water partition coefficient (Wildman–Crippen LogP) is 3.30. The first-order valence-corrected chi connectivity index (χ1v) is 11.9. The summed E-state index contributed by atoms with van der Waals surface area (Å²) in [7, 11) is 0. The molecule has 196 valence electrons. The van der Waals surface area contributed by atoms with Gasteiger partial charge in [-0.3, -0.25) is 0 Å². The summed E-state index contributed by atoms with van der Waals surface area (Å²) in [6, 6.07) is 9.74. The van der Waals surface area contributed by atoms with Gasteiger partial charge in [0.15, 0.2) is 23.0 Å². The van der Waals surface area contributed by atoms with Gasteiger partial charge in [0.05, 0.1) is 50.8 Å². The molecule has 0 radical (unpaired) electrons. The highest BCUT2D eigenvalue weighted by Gasteiger charge is 2.15. The van der Waals surface area contributed by atoms with Crippen LogP contribution in [0.25, 0.3) is 0 Å². The molecule has 0 atom stereocenters. The zero-order chi connectivity index (χ0) is 25.6. The van der Waals surface area contributed by atoms with E-state index >= 15 is 0 Å². The van der Waals surface area contributed by atoms with E-state index in [0.717, 1.165) is 0 Å². The van der Waals surface area contributed by atoms with E-state index in [1.54, 1.807) is 50.2 Å². The molecule has 0 spiro atoms. The van der Waals surface area contributed by atoms with Crippen molar-refractivity contribution in [1.82, 2.24) is 0 Å². The highest BCUT2D eigenvalue weighted by molar-refractivity contribution is 5.90. The number of esters is 2. The highest BCUT2D eigenvalue weighted by atomic mass is 16.6. The van der Waals surface area contributed by atoms with E-state index in [2.05, 4.69) is 0 Å². The van der Waals surface area contributed by atoms with Crippen molar-refractivity contribution in [2.45, 2.75) is 13.8 Å². The van der Waals surface area contributed by atoms with E-state index in [4.69, 9.17) is 37.9 Å². The van der Waals surface area contributed by atoms with Crippen LogP contribution in [0.3, 0.4) is 0 Å². The van der Waals surface area contributed by atoms with E-state index in [1.165, 1.54) is 0 Å². The SMILES string of the molecule is CCOC(=O)c1ccc2c(c1)OCCOCCOc1ccc(C(=O)OCC)cc1OCCOCCO2. The summed E-state index contributed by atoms with van der Waals surface area (Å²) < 4.78 is 44.5. The molecule has 0 bridgehead atoms. The van der Waals surface area contributed by atoms with Gasteiger partial charge in [-0.05, 0) is 50.2 Å². The molecule has 0 aliphatic carbocycles. The Balaban J connectivity index is 1.64. The second kappa shape index (κ2) is 14.8. The topological polar surface area (TPSA) is 108 Å². The molecule has 2 aromatic rings. The largest absolute Gasteiger partial charge is 0.487 e. The van der Waals surface area contributed by atoms with Crippen molar-refractivity contribution < 1.29 is 47.5 Å². The molecule has 10 nitrogen and oxygen atoms in total. The van der Waals surface area contributed by atoms with E-state index in [-0.39, 0.29) is 39.6 Å². The van der Waals surface area contributed by atoms with Crippen molar-refractivity contribution in [2.24, 2.45) is 0 Å². The number of benzene rings is 2. The predicted molar refractivity (Wildman–Crippen MR) is 128 cm³/mol. The van der Waals surface area contributed by atoms with Crippen molar-refractivity contribution in [3.63, 3.8) is 0 Å². The Bertz CT molecular complexity index is 911. The minimum Gasteiger partial charge on any atom is -0.487 e. The Morgan fingerprint density at radius 3 is 1.31 bits per heavy atom. The van der Waals surface area contributed by atoms with Crippen LogP contribution in [0.1, 0.15) is 34.6 Å². The van der Waals surface area contributed by atoms with Gasteiger partial charge in [0.25, 0.3) is 0 Å². The van der Waals surface area contributed by atoms with Crippen molar-refractivity contribution in [1.29, 1.82) is 0 Å². The summed E-state index contributed by atoms with van der Waals surface area (Å²) in [5.74, 6) is 0.914. The third-order valence-corrected chi connectivity index (χ3v) is 4.85. The highest BCUT2D eigenvalue weighted by Crippen LogP contribution is 2.30. The Morgan fingerprint density at radius 1 is 0.583 bits per heavy atom. The number of hydrogen-bond donors (Lipinski definition) is 0. The van der Waals surface area contributed by atoms with Crippen molar-refractivity contribution in [2.75, 3.05) is 66.1 Å². The molecule has 0 aromatic heterocycles. The van der Waals surface area contributed by atoms with E-state index in [0.29, 0.717) is 60.6 Å². The molecular weight excluding hydrogens is 472 g/mol. The lowest BCUT2D eigenvalue weighted by Crippen LogP contribution is -2.16. The maximum atomic E-state index is 12.1. The number of carbonyl (C=O) groups excluding carboxylic acids is 2. The molecule has 0 saturated heterocycles.